The van der Waals surface area contributed by atoms with Gasteiger partial charge in [-0.1, -0.05) is 66.4 Å². The maximum absolute atomic E-state index is 12.9. The second kappa shape index (κ2) is 10.9. The van der Waals surface area contributed by atoms with Crippen molar-refractivity contribution in [3.8, 4) is 11.8 Å². The van der Waals surface area contributed by atoms with Crippen LogP contribution in [0.15, 0.2) is 107 Å². The zero-order chi connectivity index (χ0) is 25.5. The summed E-state index contributed by atoms with van der Waals surface area (Å²) >= 11 is 0. The highest BCUT2D eigenvalue weighted by Crippen LogP contribution is 2.14. The number of hydrogen-bond donors (Lipinski definition) is 0. The molecule has 3 aromatic carbocycles. The quantitative estimate of drug-likeness (QED) is 0.272. The zero-order valence-corrected chi connectivity index (χ0v) is 20.8. The molecule has 5 nitrogen and oxygen atoms in total. The highest BCUT2D eigenvalue weighted by atomic mass is 32.2. The summed E-state index contributed by atoms with van der Waals surface area (Å²) in [6.07, 6.45) is 4.70. The van der Waals surface area contributed by atoms with Gasteiger partial charge in [-0.2, -0.15) is 4.36 Å². The van der Waals surface area contributed by atoms with Crippen LogP contribution in [-0.2, 0) is 16.1 Å². The van der Waals surface area contributed by atoms with E-state index < -0.39 is 15.6 Å². The number of hydrogen-bond acceptors (Lipinski definition) is 4. The molecule has 6 heteroatoms. The van der Waals surface area contributed by atoms with Gasteiger partial charge in [0.1, 0.15) is 0 Å². The minimum Gasteiger partial charge on any atom is -0.294 e. The van der Waals surface area contributed by atoms with Crippen LogP contribution in [0.1, 0.15) is 43.0 Å². The van der Waals surface area contributed by atoms with Crippen LogP contribution in [0.5, 0.6) is 0 Å². The summed E-state index contributed by atoms with van der Waals surface area (Å²) in [7, 11) is -2.87. The summed E-state index contributed by atoms with van der Waals surface area (Å²) in [5, 5.41) is 0. The molecule has 0 aliphatic carbocycles. The van der Waals surface area contributed by atoms with Crippen molar-refractivity contribution in [2.24, 2.45) is 4.36 Å². The van der Waals surface area contributed by atoms with Gasteiger partial charge in [0.15, 0.2) is 5.78 Å². The lowest BCUT2D eigenvalue weighted by molar-refractivity contribution is 0.0988. The Morgan fingerprint density at radius 1 is 0.861 bits per heavy atom. The molecule has 1 amide bonds. The van der Waals surface area contributed by atoms with Crippen LogP contribution in [0.25, 0.3) is 0 Å². The monoisotopic (exact) mass is 492 g/mol. The summed E-state index contributed by atoms with van der Waals surface area (Å²) in [6.45, 7) is 1.93. The van der Waals surface area contributed by atoms with Gasteiger partial charge in [-0.25, -0.2) is 4.21 Å². The van der Waals surface area contributed by atoms with Gasteiger partial charge in [0.2, 0.25) is 0 Å². The standard InChI is InChI=1S/C30H24N2O3S/c1-22-8-6-7-11-28(22)29(33)19-24-15-12-23(13-16-24)14-17-25-18-26(21-31-20-25)30(34)32-36(2,35)27-9-4-3-5-10-27/h3-13,15-16,18,20-21H,19H2,1-2H3. The second-order valence-corrected chi connectivity index (χ2v) is 10.6. The summed E-state index contributed by atoms with van der Waals surface area (Å²) in [6, 6.07) is 25.3. The van der Waals surface area contributed by atoms with E-state index in [4.69, 9.17) is 0 Å². The van der Waals surface area contributed by atoms with E-state index in [2.05, 4.69) is 21.2 Å². The van der Waals surface area contributed by atoms with Gasteiger partial charge in [0, 0.05) is 46.7 Å². The van der Waals surface area contributed by atoms with Crippen LogP contribution in [0, 0.1) is 18.8 Å². The van der Waals surface area contributed by atoms with Crippen LogP contribution < -0.4 is 0 Å². The van der Waals surface area contributed by atoms with E-state index in [9.17, 15) is 13.8 Å². The van der Waals surface area contributed by atoms with Crippen molar-refractivity contribution < 1.29 is 13.8 Å². The smallest absolute Gasteiger partial charge is 0.286 e. The minimum absolute atomic E-state index is 0.0770. The lowest BCUT2D eigenvalue weighted by Crippen LogP contribution is -2.05. The Labute approximate surface area is 211 Å². The van der Waals surface area contributed by atoms with Crippen molar-refractivity contribution in [2.45, 2.75) is 18.2 Å². The number of Topliss-reactive ketones (excluding diaryl/α,β-unsaturated/α-hetero) is 1. The Balaban J connectivity index is 1.47. The molecule has 0 spiro atoms. The van der Waals surface area contributed by atoms with Crippen molar-refractivity contribution in [1.82, 2.24) is 4.98 Å². The number of rotatable bonds is 5. The van der Waals surface area contributed by atoms with Crippen LogP contribution in [0.2, 0.25) is 0 Å². The number of nitrogens with zero attached hydrogens (tertiary/aromatic N) is 2. The highest BCUT2D eigenvalue weighted by molar-refractivity contribution is 7.93. The van der Waals surface area contributed by atoms with Gasteiger partial charge >= 0.3 is 0 Å². The van der Waals surface area contributed by atoms with Crippen LogP contribution >= 0.6 is 0 Å². The molecule has 0 N–H and O–H groups in total. The minimum atomic E-state index is -2.87. The Kier molecular flexibility index (Phi) is 7.53. The average molecular weight is 493 g/mol. The molecule has 4 aromatic rings. The highest BCUT2D eigenvalue weighted by Gasteiger charge is 2.12. The predicted molar refractivity (Wildman–Crippen MR) is 141 cm³/mol. The lowest BCUT2D eigenvalue weighted by Gasteiger charge is -2.05. The van der Waals surface area contributed by atoms with Gasteiger partial charge in [-0.3, -0.25) is 14.6 Å². The van der Waals surface area contributed by atoms with E-state index in [0.29, 0.717) is 16.9 Å². The number of amides is 1. The fraction of sp³-hybridized carbons (Fsp3) is 0.100. The third kappa shape index (κ3) is 6.21. The van der Waals surface area contributed by atoms with Gasteiger partial charge in [0.25, 0.3) is 5.91 Å². The van der Waals surface area contributed by atoms with E-state index in [1.165, 1.54) is 12.5 Å². The molecule has 1 unspecified atom stereocenters. The Hall–Kier alpha value is -4.34. The molecular formula is C30H24N2O3S. The first kappa shape index (κ1) is 24.8. The molecule has 1 heterocycles. The fourth-order valence-electron chi connectivity index (χ4n) is 3.58. The normalized spacial score (nSPS) is 12.1. The molecule has 0 aliphatic rings. The number of aryl methyl sites for hydroxylation is 1. The van der Waals surface area contributed by atoms with E-state index in [1.54, 1.807) is 36.5 Å². The maximum atomic E-state index is 12.9. The first-order valence-corrected chi connectivity index (χ1v) is 13.2. The van der Waals surface area contributed by atoms with Crippen LogP contribution in [0.3, 0.4) is 0 Å². The van der Waals surface area contributed by atoms with Crippen LogP contribution in [0.4, 0.5) is 0 Å². The topological polar surface area (TPSA) is 76.5 Å². The van der Waals surface area contributed by atoms with E-state index in [-0.39, 0.29) is 11.3 Å². The number of carbonyl (C=O) groups excluding carboxylic acids is 2. The Morgan fingerprint density at radius 2 is 1.53 bits per heavy atom. The number of benzene rings is 3. The molecule has 0 saturated carbocycles. The van der Waals surface area contributed by atoms with Crippen molar-refractivity contribution in [3.63, 3.8) is 0 Å². The van der Waals surface area contributed by atoms with E-state index >= 15 is 0 Å². The first-order valence-electron chi connectivity index (χ1n) is 11.3. The number of carbonyl (C=O) groups is 2. The third-order valence-electron chi connectivity index (χ3n) is 5.54. The van der Waals surface area contributed by atoms with Crippen molar-refractivity contribution in [1.29, 1.82) is 0 Å². The number of pyridine rings is 1. The van der Waals surface area contributed by atoms with Crippen LogP contribution in [-0.4, -0.2) is 27.1 Å². The molecule has 1 atom stereocenters. The van der Waals surface area contributed by atoms with Gasteiger partial charge < -0.3 is 0 Å². The molecule has 0 fully saturated rings. The summed E-state index contributed by atoms with van der Waals surface area (Å²) in [5.41, 5.74) is 4.14. The number of aromatic nitrogens is 1. The Bertz CT molecular complexity index is 1610. The average Bonchev–Trinajstić information content (AvgIpc) is 2.89. The van der Waals surface area contributed by atoms with Crippen molar-refractivity contribution >= 4 is 21.4 Å². The third-order valence-corrected chi connectivity index (χ3v) is 7.20. The molecule has 36 heavy (non-hydrogen) atoms. The summed E-state index contributed by atoms with van der Waals surface area (Å²) < 4.78 is 16.8. The Morgan fingerprint density at radius 3 is 2.25 bits per heavy atom. The predicted octanol–water partition coefficient (Wildman–Crippen LogP) is 5.51. The van der Waals surface area contributed by atoms with E-state index in [0.717, 1.165) is 22.3 Å². The lowest BCUT2D eigenvalue weighted by atomic mass is 9.99. The molecule has 0 aliphatic heterocycles. The van der Waals surface area contributed by atoms with Gasteiger partial charge in [0.05, 0.1) is 15.3 Å². The summed E-state index contributed by atoms with van der Waals surface area (Å²) in [4.78, 5) is 29.8. The van der Waals surface area contributed by atoms with E-state index in [1.807, 2.05) is 61.5 Å². The number of ketones is 1. The molecular weight excluding hydrogens is 468 g/mol. The molecule has 0 radical (unpaired) electrons. The molecule has 4 rings (SSSR count). The molecule has 1 aromatic heterocycles. The molecule has 178 valence electrons. The first-order chi connectivity index (χ1) is 17.3. The fourth-order valence-corrected chi connectivity index (χ4v) is 4.77. The summed E-state index contributed by atoms with van der Waals surface area (Å²) in [5.74, 6) is 5.52. The zero-order valence-electron chi connectivity index (χ0n) is 20.0. The van der Waals surface area contributed by atoms with Gasteiger partial charge in [-0.15, -0.1) is 0 Å². The van der Waals surface area contributed by atoms with Gasteiger partial charge in [-0.05, 0) is 48.4 Å². The molecule has 0 bridgehead atoms. The SMILES string of the molecule is Cc1ccccc1C(=O)Cc1ccc(C#Cc2cncc(C(=O)N=S(C)(=O)c3ccccc3)c2)cc1. The van der Waals surface area contributed by atoms with Crippen molar-refractivity contribution in [3.05, 3.63) is 131 Å². The largest absolute Gasteiger partial charge is 0.294 e. The van der Waals surface area contributed by atoms with Crippen molar-refractivity contribution in [2.75, 3.05) is 6.26 Å². The second-order valence-electron chi connectivity index (χ2n) is 8.34. The molecule has 0 saturated heterocycles. The maximum Gasteiger partial charge on any atom is 0.286 e.